The third-order valence-corrected chi connectivity index (χ3v) is 7.40. The molecule has 0 aliphatic carbocycles. The van der Waals surface area contributed by atoms with E-state index in [0.29, 0.717) is 18.4 Å². The van der Waals surface area contributed by atoms with E-state index in [1.54, 1.807) is 58.6 Å². The first kappa shape index (κ1) is 38.3. The largest absolute Gasteiger partial charge is 0.458 e. The summed E-state index contributed by atoms with van der Waals surface area (Å²) in [7, 11) is 0. The lowest BCUT2D eigenvalue weighted by Gasteiger charge is -2.36. The first-order valence-electron chi connectivity index (χ1n) is 16.5. The van der Waals surface area contributed by atoms with Gasteiger partial charge in [-0.05, 0) is 65.0 Å². The van der Waals surface area contributed by atoms with E-state index < -0.39 is 53.2 Å². The fourth-order valence-corrected chi connectivity index (χ4v) is 4.97. The Hall–Kier alpha value is -3.88. The number of carbonyl (C=O) groups excluding carboxylic acids is 4. The lowest BCUT2D eigenvalue weighted by Crippen LogP contribution is -2.56. The summed E-state index contributed by atoms with van der Waals surface area (Å²) in [5.41, 5.74) is -0.0819. The Bertz CT molecular complexity index is 1250. The fraction of sp³-hybridized carbons (Fsp3) is 0.568. The molecule has 0 aliphatic rings. The summed E-state index contributed by atoms with van der Waals surface area (Å²) < 4.78 is 11.2. The van der Waals surface area contributed by atoms with Crippen LogP contribution in [0, 0.1) is 5.92 Å². The van der Waals surface area contributed by atoms with Gasteiger partial charge in [0, 0.05) is 13.0 Å². The quantitative estimate of drug-likeness (QED) is 0.165. The van der Waals surface area contributed by atoms with E-state index >= 15 is 0 Å². The maximum absolute atomic E-state index is 14.5. The zero-order valence-electron chi connectivity index (χ0n) is 29.2. The van der Waals surface area contributed by atoms with E-state index in [-0.39, 0.29) is 18.9 Å². The van der Waals surface area contributed by atoms with Gasteiger partial charge in [-0.15, -0.1) is 0 Å². The van der Waals surface area contributed by atoms with Gasteiger partial charge in [0.2, 0.25) is 11.8 Å². The highest BCUT2D eigenvalue weighted by molar-refractivity contribution is 5.94. The van der Waals surface area contributed by atoms with Gasteiger partial charge < -0.3 is 25.0 Å². The highest BCUT2D eigenvalue weighted by atomic mass is 16.6. The minimum absolute atomic E-state index is 0.211. The molecular weight excluding hydrogens is 582 g/mol. The standard InChI is InChI=1S/C37H55N3O6/c1-10-12-19-24-40(33(42)30(26(3)11-2)39-35(44)46-37(7,8)9)31(28-22-17-14-18-23-28)32(41)38-29(34(43)45-36(4,5)6)25-27-20-15-13-16-21-27/h13-18,20-23,26,29-31H,10-12,19,24-25H2,1-9H3,(H,38,41)(H,39,44). The van der Waals surface area contributed by atoms with Crippen molar-refractivity contribution in [2.75, 3.05) is 6.54 Å². The monoisotopic (exact) mass is 637 g/mol. The lowest BCUT2D eigenvalue weighted by atomic mass is 9.95. The molecule has 3 amide bonds. The number of carbonyl (C=O) groups is 4. The van der Waals surface area contributed by atoms with E-state index in [0.717, 1.165) is 18.4 Å². The van der Waals surface area contributed by atoms with Crippen molar-refractivity contribution in [1.82, 2.24) is 15.5 Å². The Morgan fingerprint density at radius 1 is 0.783 bits per heavy atom. The molecule has 46 heavy (non-hydrogen) atoms. The normalized spacial score (nSPS) is 14.3. The van der Waals surface area contributed by atoms with Crippen LogP contribution in [-0.4, -0.2) is 58.6 Å². The molecule has 2 aromatic rings. The summed E-state index contributed by atoms with van der Waals surface area (Å²) in [5.74, 6) is -1.72. The number of hydrogen-bond acceptors (Lipinski definition) is 6. The molecule has 0 radical (unpaired) electrons. The number of amides is 3. The number of esters is 1. The number of hydrogen-bond donors (Lipinski definition) is 2. The van der Waals surface area contributed by atoms with Crippen LogP contribution in [0.1, 0.15) is 105 Å². The molecule has 0 saturated carbocycles. The number of ether oxygens (including phenoxy) is 2. The van der Waals surface area contributed by atoms with Gasteiger partial charge in [-0.25, -0.2) is 9.59 Å². The molecule has 4 atom stereocenters. The Labute approximate surface area is 275 Å². The smallest absolute Gasteiger partial charge is 0.408 e. The van der Waals surface area contributed by atoms with E-state index in [1.165, 1.54) is 0 Å². The summed E-state index contributed by atoms with van der Waals surface area (Å²) in [5, 5.41) is 5.75. The van der Waals surface area contributed by atoms with Crippen molar-refractivity contribution >= 4 is 23.9 Å². The molecule has 2 rings (SSSR count). The Balaban J connectivity index is 2.59. The summed E-state index contributed by atoms with van der Waals surface area (Å²) in [6.07, 6.45) is 2.52. The van der Waals surface area contributed by atoms with Gasteiger partial charge in [0.05, 0.1) is 0 Å². The molecule has 4 unspecified atom stereocenters. The Kier molecular flexibility index (Phi) is 14.8. The Morgan fingerprint density at radius 2 is 1.35 bits per heavy atom. The number of rotatable bonds is 15. The van der Waals surface area contributed by atoms with Gasteiger partial charge in [0.15, 0.2) is 0 Å². The van der Waals surface area contributed by atoms with Gasteiger partial charge in [-0.3, -0.25) is 9.59 Å². The minimum atomic E-state index is -1.07. The second-order valence-electron chi connectivity index (χ2n) is 13.8. The maximum Gasteiger partial charge on any atom is 0.408 e. The third-order valence-electron chi connectivity index (χ3n) is 7.40. The second-order valence-corrected chi connectivity index (χ2v) is 13.8. The predicted molar refractivity (Wildman–Crippen MR) is 181 cm³/mol. The van der Waals surface area contributed by atoms with Crippen LogP contribution >= 0.6 is 0 Å². The van der Waals surface area contributed by atoms with Gasteiger partial charge in [-0.1, -0.05) is 101 Å². The molecule has 0 bridgehead atoms. The molecule has 254 valence electrons. The maximum atomic E-state index is 14.5. The molecule has 2 aromatic carbocycles. The second kappa shape index (κ2) is 17.7. The van der Waals surface area contributed by atoms with Crippen LogP contribution in [-0.2, 0) is 30.3 Å². The minimum Gasteiger partial charge on any atom is -0.458 e. The number of nitrogens with one attached hydrogen (secondary N) is 2. The average Bonchev–Trinajstić information content (AvgIpc) is 2.97. The SMILES string of the molecule is CCCCCN(C(=O)C(NC(=O)OC(C)(C)C)C(C)CC)C(C(=O)NC(Cc1ccccc1)C(=O)OC(C)(C)C)c1ccccc1. The molecule has 0 saturated heterocycles. The molecule has 0 fully saturated rings. The molecule has 0 aromatic heterocycles. The van der Waals surface area contributed by atoms with E-state index in [1.807, 2.05) is 62.4 Å². The highest BCUT2D eigenvalue weighted by Gasteiger charge is 2.39. The van der Waals surface area contributed by atoms with Crippen LogP contribution in [0.2, 0.25) is 0 Å². The van der Waals surface area contributed by atoms with Gasteiger partial charge >= 0.3 is 12.1 Å². The first-order valence-corrected chi connectivity index (χ1v) is 16.5. The molecule has 9 heteroatoms. The van der Waals surface area contributed by atoms with Crippen LogP contribution < -0.4 is 10.6 Å². The first-order chi connectivity index (χ1) is 21.6. The van der Waals surface area contributed by atoms with Crippen LogP contribution in [0.4, 0.5) is 4.79 Å². The highest BCUT2D eigenvalue weighted by Crippen LogP contribution is 2.26. The van der Waals surface area contributed by atoms with Crippen molar-refractivity contribution < 1.29 is 28.7 Å². The zero-order chi connectivity index (χ0) is 34.5. The lowest BCUT2D eigenvalue weighted by molar-refractivity contribution is -0.159. The number of nitrogens with zero attached hydrogens (tertiary/aromatic N) is 1. The molecule has 2 N–H and O–H groups in total. The predicted octanol–water partition coefficient (Wildman–Crippen LogP) is 6.76. The molecular formula is C37H55N3O6. The topological polar surface area (TPSA) is 114 Å². The van der Waals surface area contributed by atoms with Crippen LogP contribution in [0.25, 0.3) is 0 Å². The summed E-state index contributed by atoms with van der Waals surface area (Å²) in [4.78, 5) is 56.9. The fourth-order valence-electron chi connectivity index (χ4n) is 4.97. The van der Waals surface area contributed by atoms with Crippen LogP contribution in [0.3, 0.4) is 0 Å². The zero-order valence-corrected chi connectivity index (χ0v) is 29.2. The molecule has 0 heterocycles. The molecule has 0 aliphatic heterocycles. The summed E-state index contributed by atoms with van der Waals surface area (Å²) in [6, 6.07) is 15.4. The van der Waals surface area contributed by atoms with Gasteiger partial charge in [0.25, 0.3) is 0 Å². The number of unbranched alkanes of at least 4 members (excludes halogenated alkanes) is 2. The average molecular weight is 638 g/mol. The third kappa shape index (κ3) is 12.9. The van der Waals surface area contributed by atoms with Gasteiger partial charge in [0.1, 0.15) is 29.3 Å². The number of alkyl carbamates (subject to hydrolysis) is 1. The van der Waals surface area contributed by atoms with Crippen molar-refractivity contribution in [3.05, 3.63) is 71.8 Å². The van der Waals surface area contributed by atoms with Crippen molar-refractivity contribution in [1.29, 1.82) is 0 Å². The molecule has 0 spiro atoms. The van der Waals surface area contributed by atoms with E-state index in [4.69, 9.17) is 9.47 Å². The van der Waals surface area contributed by atoms with Crippen LogP contribution in [0.15, 0.2) is 60.7 Å². The van der Waals surface area contributed by atoms with E-state index in [9.17, 15) is 19.2 Å². The summed E-state index contributed by atoms with van der Waals surface area (Å²) in [6.45, 7) is 16.8. The van der Waals surface area contributed by atoms with Crippen molar-refractivity contribution in [3.63, 3.8) is 0 Å². The van der Waals surface area contributed by atoms with E-state index in [2.05, 4.69) is 17.6 Å². The van der Waals surface area contributed by atoms with Crippen molar-refractivity contribution in [3.8, 4) is 0 Å². The molecule has 9 nitrogen and oxygen atoms in total. The van der Waals surface area contributed by atoms with Crippen LogP contribution in [0.5, 0.6) is 0 Å². The van der Waals surface area contributed by atoms with Crippen molar-refractivity contribution in [2.24, 2.45) is 5.92 Å². The Morgan fingerprint density at radius 3 is 1.87 bits per heavy atom. The van der Waals surface area contributed by atoms with Crippen molar-refractivity contribution in [2.45, 2.75) is 124 Å². The number of benzene rings is 2. The summed E-state index contributed by atoms with van der Waals surface area (Å²) >= 11 is 0. The van der Waals surface area contributed by atoms with Gasteiger partial charge in [-0.2, -0.15) is 0 Å².